The molecule has 1 heterocycles. The Hall–Kier alpha value is -0.340. The molecule has 1 N–H and O–H groups in total. The van der Waals surface area contributed by atoms with E-state index in [-0.39, 0.29) is 0 Å². The number of nitrogens with one attached hydrogen (secondary N) is 1. The summed E-state index contributed by atoms with van der Waals surface area (Å²) in [5, 5.41) is 5.66. The Morgan fingerprint density at radius 1 is 1.46 bits per heavy atom. The van der Waals surface area contributed by atoms with Crippen LogP contribution in [0.1, 0.15) is 32.6 Å². The second-order valence-electron chi connectivity index (χ2n) is 4.55. The fourth-order valence-electron chi connectivity index (χ4n) is 0.973. The van der Waals surface area contributed by atoms with E-state index in [1.807, 2.05) is 11.3 Å². The summed E-state index contributed by atoms with van der Waals surface area (Å²) in [7, 11) is 0. The normalized spacial score (nSPS) is 14.5. The quantitative estimate of drug-likeness (QED) is 0.784. The van der Waals surface area contributed by atoms with Crippen LogP contribution in [0.3, 0.4) is 0 Å². The van der Waals surface area contributed by atoms with Crippen LogP contribution in [0.25, 0.3) is 0 Å². The summed E-state index contributed by atoms with van der Waals surface area (Å²) in [5.41, 5.74) is 0.345. The van der Waals surface area contributed by atoms with Gasteiger partial charge >= 0.3 is 0 Å². The first-order valence-corrected chi connectivity index (χ1v) is 5.64. The van der Waals surface area contributed by atoms with Crippen molar-refractivity contribution in [2.24, 2.45) is 5.41 Å². The van der Waals surface area contributed by atoms with Gasteiger partial charge in [-0.2, -0.15) is 0 Å². The third-order valence-electron chi connectivity index (χ3n) is 2.46. The molecule has 13 heavy (non-hydrogen) atoms. The molecule has 1 aromatic rings. The van der Waals surface area contributed by atoms with Gasteiger partial charge in [0.1, 0.15) is 0 Å². The molecule has 0 aromatic carbocycles. The van der Waals surface area contributed by atoms with Crippen LogP contribution in [0.5, 0.6) is 0 Å². The predicted octanol–water partition coefficient (Wildman–Crippen LogP) is 3.27. The summed E-state index contributed by atoms with van der Waals surface area (Å²) in [6, 6.07) is 4.82. The van der Waals surface area contributed by atoms with Gasteiger partial charge in [0, 0.05) is 17.5 Å². The van der Waals surface area contributed by atoms with E-state index in [0.29, 0.717) is 11.5 Å². The van der Waals surface area contributed by atoms with Crippen LogP contribution in [-0.2, 0) is 6.54 Å². The molecule has 0 aliphatic rings. The predicted molar refractivity (Wildman–Crippen MR) is 60.1 cm³/mol. The van der Waals surface area contributed by atoms with Crippen molar-refractivity contribution in [2.75, 3.05) is 0 Å². The molecule has 0 aliphatic carbocycles. The Morgan fingerprint density at radius 3 is 2.62 bits per heavy atom. The van der Waals surface area contributed by atoms with Gasteiger partial charge in [0.2, 0.25) is 0 Å². The van der Waals surface area contributed by atoms with E-state index >= 15 is 0 Å². The van der Waals surface area contributed by atoms with Crippen LogP contribution in [0.4, 0.5) is 0 Å². The molecular formula is C11H19NS. The van der Waals surface area contributed by atoms with Gasteiger partial charge in [-0.1, -0.05) is 26.8 Å². The standard InChI is InChI=1S/C11H19NS/c1-9(11(2,3)4)12-8-10-6-5-7-13-10/h5-7,9,12H,8H2,1-4H3. The molecule has 0 bridgehead atoms. The zero-order valence-corrected chi connectivity index (χ0v) is 9.74. The summed E-state index contributed by atoms with van der Waals surface area (Å²) in [5.74, 6) is 0. The van der Waals surface area contributed by atoms with Crippen LogP contribution in [-0.4, -0.2) is 6.04 Å². The Labute approximate surface area is 85.2 Å². The van der Waals surface area contributed by atoms with Gasteiger partial charge < -0.3 is 5.32 Å². The molecule has 1 aromatic heterocycles. The third-order valence-corrected chi connectivity index (χ3v) is 3.34. The molecule has 1 unspecified atom stereocenters. The maximum atomic E-state index is 3.54. The van der Waals surface area contributed by atoms with Gasteiger partial charge in [-0.15, -0.1) is 11.3 Å². The monoisotopic (exact) mass is 197 g/mol. The molecule has 2 heteroatoms. The molecule has 1 nitrogen and oxygen atoms in total. The molecule has 1 rings (SSSR count). The van der Waals surface area contributed by atoms with Crippen LogP contribution in [0, 0.1) is 5.41 Å². The maximum absolute atomic E-state index is 3.54. The van der Waals surface area contributed by atoms with Crippen molar-refractivity contribution in [3.8, 4) is 0 Å². The van der Waals surface area contributed by atoms with Crippen molar-refractivity contribution in [1.82, 2.24) is 5.32 Å². The molecule has 0 aliphatic heterocycles. The molecule has 0 amide bonds. The highest BCUT2D eigenvalue weighted by atomic mass is 32.1. The van der Waals surface area contributed by atoms with Gasteiger partial charge in [0.05, 0.1) is 0 Å². The highest BCUT2D eigenvalue weighted by Gasteiger charge is 2.18. The highest BCUT2D eigenvalue weighted by Crippen LogP contribution is 2.19. The van der Waals surface area contributed by atoms with Crippen molar-refractivity contribution >= 4 is 11.3 Å². The number of rotatable bonds is 3. The third kappa shape index (κ3) is 3.49. The largest absolute Gasteiger partial charge is 0.309 e. The van der Waals surface area contributed by atoms with Gasteiger partial charge in [-0.25, -0.2) is 0 Å². The lowest BCUT2D eigenvalue weighted by atomic mass is 9.88. The second-order valence-corrected chi connectivity index (χ2v) is 5.58. The minimum absolute atomic E-state index is 0.345. The maximum Gasteiger partial charge on any atom is 0.0302 e. The number of hydrogen-bond acceptors (Lipinski definition) is 2. The smallest absolute Gasteiger partial charge is 0.0302 e. The van der Waals surface area contributed by atoms with Crippen LogP contribution >= 0.6 is 11.3 Å². The van der Waals surface area contributed by atoms with Crippen LogP contribution in [0.2, 0.25) is 0 Å². The SMILES string of the molecule is CC(NCc1cccs1)C(C)(C)C. The molecular weight excluding hydrogens is 178 g/mol. The Balaban J connectivity index is 2.35. The van der Waals surface area contributed by atoms with E-state index in [1.54, 1.807) is 0 Å². The number of hydrogen-bond donors (Lipinski definition) is 1. The summed E-state index contributed by atoms with van der Waals surface area (Å²) < 4.78 is 0. The summed E-state index contributed by atoms with van der Waals surface area (Å²) in [6.45, 7) is 10.0. The van der Waals surface area contributed by atoms with Crippen molar-refractivity contribution in [2.45, 2.75) is 40.3 Å². The van der Waals surface area contributed by atoms with E-state index in [2.05, 4.69) is 50.5 Å². The average Bonchev–Trinajstić information content (AvgIpc) is 2.50. The lowest BCUT2D eigenvalue weighted by molar-refractivity contribution is 0.286. The molecule has 0 fully saturated rings. The van der Waals surface area contributed by atoms with Gasteiger partial charge in [-0.3, -0.25) is 0 Å². The minimum atomic E-state index is 0.345. The van der Waals surface area contributed by atoms with Crippen LogP contribution < -0.4 is 5.32 Å². The molecule has 74 valence electrons. The van der Waals surface area contributed by atoms with E-state index < -0.39 is 0 Å². The van der Waals surface area contributed by atoms with Crippen molar-refractivity contribution in [1.29, 1.82) is 0 Å². The Bertz CT molecular complexity index is 233. The Kier molecular flexibility index (Phi) is 3.51. The molecule has 0 spiro atoms. The number of thiophene rings is 1. The molecule has 0 saturated carbocycles. The van der Waals surface area contributed by atoms with E-state index in [1.165, 1.54) is 4.88 Å². The summed E-state index contributed by atoms with van der Waals surface area (Å²) in [4.78, 5) is 1.41. The fourth-order valence-corrected chi connectivity index (χ4v) is 1.63. The summed E-state index contributed by atoms with van der Waals surface area (Å²) >= 11 is 1.81. The average molecular weight is 197 g/mol. The Morgan fingerprint density at radius 2 is 2.15 bits per heavy atom. The highest BCUT2D eigenvalue weighted by molar-refractivity contribution is 7.09. The van der Waals surface area contributed by atoms with Gasteiger partial charge in [-0.05, 0) is 23.8 Å². The van der Waals surface area contributed by atoms with E-state index in [0.717, 1.165) is 6.54 Å². The van der Waals surface area contributed by atoms with Crippen molar-refractivity contribution < 1.29 is 0 Å². The lowest BCUT2D eigenvalue weighted by Crippen LogP contribution is -2.36. The zero-order chi connectivity index (χ0) is 9.90. The van der Waals surface area contributed by atoms with Crippen molar-refractivity contribution in [3.63, 3.8) is 0 Å². The molecule has 0 saturated heterocycles. The minimum Gasteiger partial charge on any atom is -0.309 e. The topological polar surface area (TPSA) is 12.0 Å². The first-order valence-electron chi connectivity index (χ1n) is 4.76. The van der Waals surface area contributed by atoms with E-state index in [4.69, 9.17) is 0 Å². The first-order chi connectivity index (χ1) is 6.00. The molecule has 1 atom stereocenters. The van der Waals surface area contributed by atoms with Crippen LogP contribution in [0.15, 0.2) is 17.5 Å². The van der Waals surface area contributed by atoms with Crippen molar-refractivity contribution in [3.05, 3.63) is 22.4 Å². The van der Waals surface area contributed by atoms with E-state index in [9.17, 15) is 0 Å². The second kappa shape index (κ2) is 4.25. The van der Waals surface area contributed by atoms with Gasteiger partial charge in [0.15, 0.2) is 0 Å². The zero-order valence-electron chi connectivity index (χ0n) is 8.92. The first kappa shape index (κ1) is 10.7. The fraction of sp³-hybridized carbons (Fsp3) is 0.636. The lowest BCUT2D eigenvalue weighted by Gasteiger charge is -2.28. The molecule has 0 radical (unpaired) electrons. The summed E-state index contributed by atoms with van der Waals surface area (Å²) in [6.07, 6.45) is 0. The van der Waals surface area contributed by atoms with Gasteiger partial charge in [0.25, 0.3) is 0 Å².